The van der Waals surface area contributed by atoms with Gasteiger partial charge in [-0.25, -0.2) is 0 Å². The number of benzene rings is 1. The average Bonchev–Trinajstić information content (AvgIpc) is 2.66. The standard InChI is InChI=1S/C8H6.6CHO.Co/c1-2-8-6-4-3-5-7-8;6*1-2;/h1,3-7H;6*1H;/q;6*-1;. The molecule has 0 heterocycles. The molecule has 6 nitrogen and oxygen atoms in total. The molecule has 0 fully saturated rings. The first-order valence-corrected chi connectivity index (χ1v) is 3.86. The number of hydrogen-bond acceptors (Lipinski definition) is 6. The van der Waals surface area contributed by atoms with Crippen LogP contribution in [0.5, 0.6) is 0 Å². The smallest absolute Gasteiger partial charge is 0.0242 e. The van der Waals surface area contributed by atoms with Crippen molar-refractivity contribution in [2.24, 2.45) is 0 Å². The fraction of sp³-hybridized carbons (Fsp3) is 0. The summed E-state index contributed by atoms with van der Waals surface area (Å²) < 4.78 is 0. The Kier molecular flexibility index (Phi) is 236. The molecule has 21 heavy (non-hydrogen) atoms. The minimum atomic E-state index is 0. The molecule has 0 aliphatic rings. The van der Waals surface area contributed by atoms with Gasteiger partial charge in [0.05, 0.1) is 0 Å². The molecule has 0 spiro atoms. The fourth-order valence-corrected chi connectivity index (χ4v) is 0.534. The number of hydrogen-bond donors (Lipinski definition) is 0. The second-order valence-corrected chi connectivity index (χ2v) is 1.51. The summed E-state index contributed by atoms with van der Waals surface area (Å²) >= 11 is 0. The van der Waals surface area contributed by atoms with Crippen LogP contribution >= 0.6 is 0 Å². The molecule has 0 aliphatic carbocycles. The maximum atomic E-state index is 7.75. The third-order valence-corrected chi connectivity index (χ3v) is 0.940. The van der Waals surface area contributed by atoms with Crippen molar-refractivity contribution in [2.75, 3.05) is 0 Å². The van der Waals surface area contributed by atoms with Crippen LogP contribution in [0, 0.1) is 12.3 Å². The van der Waals surface area contributed by atoms with Crippen molar-refractivity contribution in [2.45, 2.75) is 0 Å². The Bertz CT molecular complexity index is 274. The Hall–Kier alpha value is -2.69. The van der Waals surface area contributed by atoms with Crippen molar-refractivity contribution in [3.63, 3.8) is 0 Å². The second kappa shape index (κ2) is 116. The minimum Gasteiger partial charge on any atom is -0.545 e. The molecular formula is C14H12CoO6-6. The maximum Gasteiger partial charge on any atom is 0.0242 e. The predicted octanol–water partition coefficient (Wildman–Crippen LogP) is 0.0208. The number of carbonyl (C=O) groups excluding carboxylic acids is 6. The molecule has 0 saturated heterocycles. The van der Waals surface area contributed by atoms with Gasteiger partial charge in [0.2, 0.25) is 0 Å². The van der Waals surface area contributed by atoms with Crippen molar-refractivity contribution >= 4 is 40.7 Å². The molecule has 0 saturated carbocycles. The second-order valence-electron chi connectivity index (χ2n) is 1.51. The van der Waals surface area contributed by atoms with E-state index in [2.05, 4.69) is 46.7 Å². The van der Waals surface area contributed by atoms with Gasteiger partial charge in [0.15, 0.2) is 0 Å². The number of terminal acetylenes is 1. The van der Waals surface area contributed by atoms with E-state index in [-0.39, 0.29) is 16.8 Å². The normalized spacial score (nSPS) is 4.14. The molecule has 1 aromatic rings. The van der Waals surface area contributed by atoms with Gasteiger partial charge in [-0.1, -0.05) is 24.1 Å². The summed E-state index contributed by atoms with van der Waals surface area (Å²) in [5.41, 5.74) is 0.938. The van der Waals surface area contributed by atoms with E-state index in [0.29, 0.717) is 0 Å². The Morgan fingerprint density at radius 3 is 1.00 bits per heavy atom. The van der Waals surface area contributed by atoms with Crippen LogP contribution in [0.4, 0.5) is 0 Å². The average molecular weight is 335 g/mol. The third-order valence-electron chi connectivity index (χ3n) is 0.940. The van der Waals surface area contributed by atoms with Crippen LogP contribution in [0.2, 0.25) is 0 Å². The summed E-state index contributed by atoms with van der Waals surface area (Å²) in [4.78, 5) is 46.5. The minimum absolute atomic E-state index is 0. The van der Waals surface area contributed by atoms with Gasteiger partial charge >= 0.3 is 0 Å². The van der Waals surface area contributed by atoms with Gasteiger partial charge in [-0.05, 0) is 12.1 Å². The maximum absolute atomic E-state index is 7.75. The van der Waals surface area contributed by atoms with E-state index in [9.17, 15) is 0 Å². The summed E-state index contributed by atoms with van der Waals surface area (Å²) in [6.45, 7) is 19.5. The van der Waals surface area contributed by atoms with Crippen LogP contribution in [-0.4, -0.2) is 40.7 Å². The van der Waals surface area contributed by atoms with Crippen molar-refractivity contribution in [1.82, 2.24) is 0 Å². The molecule has 7 heteroatoms. The quantitative estimate of drug-likeness (QED) is 0.376. The topological polar surface area (TPSA) is 102 Å². The monoisotopic (exact) mass is 335 g/mol. The van der Waals surface area contributed by atoms with E-state index in [0.717, 1.165) is 5.56 Å². The van der Waals surface area contributed by atoms with Crippen molar-refractivity contribution < 1.29 is 45.5 Å². The summed E-state index contributed by atoms with van der Waals surface area (Å²) in [6.07, 6.45) is 5.10. The zero-order valence-corrected chi connectivity index (χ0v) is 11.8. The first-order valence-electron chi connectivity index (χ1n) is 3.86. The zero-order chi connectivity index (χ0) is 17.8. The Labute approximate surface area is 135 Å². The van der Waals surface area contributed by atoms with Crippen LogP contribution in [0.15, 0.2) is 30.3 Å². The van der Waals surface area contributed by atoms with Crippen molar-refractivity contribution in [3.05, 3.63) is 35.9 Å². The third kappa shape index (κ3) is 76.0. The van der Waals surface area contributed by atoms with Crippen LogP contribution in [-0.2, 0) is 45.5 Å². The molecule has 0 atom stereocenters. The van der Waals surface area contributed by atoms with E-state index in [1.54, 1.807) is 0 Å². The van der Waals surface area contributed by atoms with Gasteiger partial charge in [-0.2, -0.15) is 0 Å². The van der Waals surface area contributed by atoms with E-state index in [4.69, 9.17) is 35.2 Å². The fourth-order valence-electron chi connectivity index (χ4n) is 0.534. The van der Waals surface area contributed by atoms with Crippen LogP contribution < -0.4 is 0 Å². The SMILES string of the molecule is C#Cc1ccccc1.[CH-]=O.[CH-]=O.[CH-]=O.[CH-]=O.[CH-]=O.[CH-]=O.[Co]. The molecule has 0 bridgehead atoms. The first kappa shape index (κ1) is 42.9. The van der Waals surface area contributed by atoms with Crippen molar-refractivity contribution in [1.29, 1.82) is 0 Å². The van der Waals surface area contributed by atoms with Crippen molar-refractivity contribution in [3.8, 4) is 12.3 Å². The van der Waals surface area contributed by atoms with Gasteiger partial charge in [0.1, 0.15) is 0 Å². The molecule has 0 N–H and O–H groups in total. The predicted molar refractivity (Wildman–Crippen MR) is 74.9 cm³/mol. The van der Waals surface area contributed by atoms with Crippen LogP contribution in [0.1, 0.15) is 5.56 Å². The Balaban J connectivity index is -0.0000000261. The van der Waals surface area contributed by atoms with Gasteiger partial charge in [0, 0.05) is 22.3 Å². The molecule has 119 valence electrons. The summed E-state index contributed by atoms with van der Waals surface area (Å²) in [6, 6.07) is 9.60. The molecule has 0 aromatic heterocycles. The molecule has 0 unspecified atom stereocenters. The van der Waals surface area contributed by atoms with Crippen LogP contribution in [0.25, 0.3) is 0 Å². The Morgan fingerprint density at radius 1 is 0.619 bits per heavy atom. The van der Waals surface area contributed by atoms with E-state index >= 15 is 0 Å². The van der Waals surface area contributed by atoms with Gasteiger partial charge in [0.25, 0.3) is 0 Å². The largest absolute Gasteiger partial charge is 0.545 e. The van der Waals surface area contributed by atoms with Gasteiger partial charge in [-0.3, -0.25) is 40.7 Å². The first-order chi connectivity index (χ1) is 9.93. The van der Waals surface area contributed by atoms with E-state index in [1.807, 2.05) is 30.3 Å². The summed E-state index contributed by atoms with van der Waals surface area (Å²) in [5.74, 6) is 2.53. The van der Waals surface area contributed by atoms with E-state index < -0.39 is 0 Å². The molecule has 0 aliphatic heterocycles. The Morgan fingerprint density at radius 2 is 0.857 bits per heavy atom. The summed E-state index contributed by atoms with van der Waals surface area (Å²) in [5, 5.41) is 0. The van der Waals surface area contributed by atoms with Gasteiger partial charge < -0.3 is 28.8 Å². The van der Waals surface area contributed by atoms with Crippen LogP contribution in [0.3, 0.4) is 0 Å². The molecule has 1 rings (SSSR count). The van der Waals surface area contributed by atoms with E-state index in [1.165, 1.54) is 0 Å². The van der Waals surface area contributed by atoms with Gasteiger partial charge in [-0.15, -0.1) is 6.42 Å². The molecule has 1 radical (unpaired) electrons. The molecular weight excluding hydrogens is 323 g/mol. The molecule has 0 amide bonds. The molecule has 1 aromatic carbocycles. The number of rotatable bonds is 0. The zero-order valence-electron chi connectivity index (χ0n) is 10.7. The summed E-state index contributed by atoms with van der Waals surface area (Å²) in [7, 11) is 0.